The highest BCUT2D eigenvalue weighted by Gasteiger charge is 2.35. The summed E-state index contributed by atoms with van der Waals surface area (Å²) in [7, 11) is 0. The van der Waals surface area contributed by atoms with E-state index in [1.54, 1.807) is 0 Å². The lowest BCUT2D eigenvalue weighted by atomic mass is 9.87. The van der Waals surface area contributed by atoms with Gasteiger partial charge in [0.1, 0.15) is 0 Å². The van der Waals surface area contributed by atoms with Crippen molar-refractivity contribution in [1.82, 2.24) is 10.2 Å². The maximum absolute atomic E-state index is 12.8. The highest BCUT2D eigenvalue weighted by Crippen LogP contribution is 2.30. The van der Waals surface area contributed by atoms with Gasteiger partial charge in [0.2, 0.25) is 11.8 Å². The molecule has 1 heterocycles. The molecule has 0 radical (unpaired) electrons. The number of nitrogens with zero attached hydrogens (tertiary/aromatic N) is 1. The Labute approximate surface area is 160 Å². The molecule has 1 N–H and O–H groups in total. The van der Waals surface area contributed by atoms with Crippen molar-refractivity contribution in [2.75, 3.05) is 6.54 Å². The quantitative estimate of drug-likeness (QED) is 0.904. The molecule has 4 nitrogen and oxygen atoms in total. The third-order valence-electron chi connectivity index (χ3n) is 5.77. The van der Waals surface area contributed by atoms with E-state index in [0.29, 0.717) is 19.5 Å². The Morgan fingerprint density at radius 1 is 1.15 bits per heavy atom. The summed E-state index contributed by atoms with van der Waals surface area (Å²) in [5.74, 6) is -0.173. The molecule has 1 fully saturated rings. The fourth-order valence-electron chi connectivity index (χ4n) is 4.21. The largest absolute Gasteiger partial charge is 0.349 e. The van der Waals surface area contributed by atoms with Gasteiger partial charge in [0, 0.05) is 19.5 Å². The Kier molecular flexibility index (Phi) is 4.97. The van der Waals surface area contributed by atoms with Crippen molar-refractivity contribution in [2.24, 2.45) is 5.92 Å². The van der Waals surface area contributed by atoms with Crippen LogP contribution < -0.4 is 5.32 Å². The van der Waals surface area contributed by atoms with Crippen LogP contribution in [-0.2, 0) is 22.6 Å². The fraction of sp³-hybridized carbons (Fsp3) is 0.391. The molecule has 2 amide bonds. The summed E-state index contributed by atoms with van der Waals surface area (Å²) in [4.78, 5) is 27.0. The van der Waals surface area contributed by atoms with Crippen molar-refractivity contribution in [2.45, 2.75) is 45.2 Å². The lowest BCUT2D eigenvalue weighted by Gasteiger charge is -2.27. The number of likely N-dealkylation sites (tertiary alicyclic amines) is 1. The van der Waals surface area contributed by atoms with E-state index >= 15 is 0 Å². The Morgan fingerprint density at radius 3 is 2.74 bits per heavy atom. The molecule has 0 unspecified atom stereocenters. The molecular weight excluding hydrogens is 336 g/mol. The third-order valence-corrected chi connectivity index (χ3v) is 5.77. The average Bonchev–Trinajstić information content (AvgIpc) is 3.04. The minimum Gasteiger partial charge on any atom is -0.349 e. The molecule has 0 aromatic heterocycles. The normalized spacial score (nSPS) is 21.8. The maximum Gasteiger partial charge on any atom is 0.225 e. The van der Waals surface area contributed by atoms with E-state index in [-0.39, 0.29) is 23.8 Å². The Bertz CT molecular complexity index is 844. The molecular formula is C23H26N2O2. The number of rotatable bonds is 4. The van der Waals surface area contributed by atoms with Crippen LogP contribution in [-0.4, -0.2) is 23.3 Å². The molecule has 1 aliphatic carbocycles. The first-order valence-electron chi connectivity index (χ1n) is 9.81. The van der Waals surface area contributed by atoms with Crippen LogP contribution >= 0.6 is 0 Å². The van der Waals surface area contributed by atoms with Crippen molar-refractivity contribution in [3.05, 3.63) is 70.8 Å². The molecule has 2 aromatic carbocycles. The van der Waals surface area contributed by atoms with Crippen LogP contribution in [0.3, 0.4) is 0 Å². The van der Waals surface area contributed by atoms with E-state index in [1.165, 1.54) is 16.7 Å². The van der Waals surface area contributed by atoms with Crippen molar-refractivity contribution in [1.29, 1.82) is 0 Å². The van der Waals surface area contributed by atoms with E-state index in [9.17, 15) is 9.59 Å². The number of fused-ring (bicyclic) bond motifs is 1. The summed E-state index contributed by atoms with van der Waals surface area (Å²) in [6.07, 6.45) is 3.45. The van der Waals surface area contributed by atoms with Crippen LogP contribution in [0.15, 0.2) is 48.5 Å². The molecule has 0 bridgehead atoms. The molecule has 4 heteroatoms. The van der Waals surface area contributed by atoms with Crippen LogP contribution in [0.2, 0.25) is 0 Å². The minimum atomic E-state index is -0.253. The molecule has 2 aromatic rings. The van der Waals surface area contributed by atoms with Crippen LogP contribution in [0.5, 0.6) is 0 Å². The molecule has 2 atom stereocenters. The lowest BCUT2D eigenvalue weighted by Crippen LogP contribution is -2.36. The van der Waals surface area contributed by atoms with Crippen molar-refractivity contribution < 1.29 is 9.59 Å². The summed E-state index contributed by atoms with van der Waals surface area (Å²) in [6, 6.07) is 16.6. The van der Waals surface area contributed by atoms with Gasteiger partial charge in [-0.3, -0.25) is 9.59 Å². The van der Waals surface area contributed by atoms with Crippen LogP contribution in [0.4, 0.5) is 0 Å². The first-order valence-corrected chi connectivity index (χ1v) is 9.81. The number of hydrogen-bond acceptors (Lipinski definition) is 2. The highest BCUT2D eigenvalue weighted by molar-refractivity contribution is 5.89. The zero-order chi connectivity index (χ0) is 18.8. The number of nitrogens with one attached hydrogen (secondary N) is 1. The first-order chi connectivity index (χ1) is 13.1. The van der Waals surface area contributed by atoms with Gasteiger partial charge < -0.3 is 10.2 Å². The van der Waals surface area contributed by atoms with Gasteiger partial charge in [-0.2, -0.15) is 0 Å². The molecule has 0 spiro atoms. The van der Waals surface area contributed by atoms with Gasteiger partial charge in [-0.1, -0.05) is 54.1 Å². The predicted octanol–water partition coefficient (Wildman–Crippen LogP) is 3.54. The second-order valence-corrected chi connectivity index (χ2v) is 7.81. The average molecular weight is 362 g/mol. The number of benzene rings is 2. The molecule has 27 heavy (non-hydrogen) atoms. The molecule has 0 saturated carbocycles. The second-order valence-electron chi connectivity index (χ2n) is 7.81. The van der Waals surface area contributed by atoms with Gasteiger partial charge in [0.15, 0.2) is 0 Å². The van der Waals surface area contributed by atoms with Crippen molar-refractivity contribution in [3.8, 4) is 0 Å². The van der Waals surface area contributed by atoms with E-state index in [2.05, 4.69) is 54.7 Å². The Hall–Kier alpha value is -2.62. The van der Waals surface area contributed by atoms with Crippen LogP contribution in [0.1, 0.15) is 47.6 Å². The summed E-state index contributed by atoms with van der Waals surface area (Å²) >= 11 is 0. The SMILES string of the molecule is Cc1ccc(CN2C[C@@H](C(=O)N[C@@H]3CCCc4ccccc43)CC2=O)cc1. The van der Waals surface area contributed by atoms with E-state index in [4.69, 9.17) is 0 Å². The van der Waals surface area contributed by atoms with E-state index < -0.39 is 0 Å². The minimum absolute atomic E-state index is 0.0106. The smallest absolute Gasteiger partial charge is 0.225 e. The van der Waals surface area contributed by atoms with E-state index in [0.717, 1.165) is 24.8 Å². The predicted molar refractivity (Wildman–Crippen MR) is 105 cm³/mol. The van der Waals surface area contributed by atoms with E-state index in [1.807, 2.05) is 11.0 Å². The van der Waals surface area contributed by atoms with Crippen molar-refractivity contribution in [3.63, 3.8) is 0 Å². The van der Waals surface area contributed by atoms with Gasteiger partial charge in [-0.05, 0) is 42.9 Å². The molecule has 140 valence electrons. The maximum atomic E-state index is 12.8. The third kappa shape index (κ3) is 3.90. The zero-order valence-corrected chi connectivity index (χ0v) is 15.8. The van der Waals surface area contributed by atoms with Gasteiger partial charge in [-0.15, -0.1) is 0 Å². The van der Waals surface area contributed by atoms with Gasteiger partial charge in [0.05, 0.1) is 12.0 Å². The number of hydrogen-bond donors (Lipinski definition) is 1. The summed E-state index contributed by atoms with van der Waals surface area (Å²) in [6.45, 7) is 3.14. The van der Waals surface area contributed by atoms with Crippen LogP contribution in [0, 0.1) is 12.8 Å². The molecule has 1 aliphatic heterocycles. The van der Waals surface area contributed by atoms with Gasteiger partial charge >= 0.3 is 0 Å². The molecule has 2 aliphatic rings. The van der Waals surface area contributed by atoms with Crippen LogP contribution in [0.25, 0.3) is 0 Å². The van der Waals surface area contributed by atoms with Gasteiger partial charge in [0.25, 0.3) is 0 Å². The van der Waals surface area contributed by atoms with Crippen molar-refractivity contribution >= 4 is 11.8 Å². The summed E-state index contributed by atoms with van der Waals surface area (Å²) in [5, 5.41) is 3.21. The monoisotopic (exact) mass is 362 g/mol. The fourth-order valence-corrected chi connectivity index (χ4v) is 4.21. The highest BCUT2D eigenvalue weighted by atomic mass is 16.2. The Morgan fingerprint density at radius 2 is 1.93 bits per heavy atom. The number of aryl methyl sites for hydroxylation is 2. The topological polar surface area (TPSA) is 49.4 Å². The summed E-state index contributed by atoms with van der Waals surface area (Å²) < 4.78 is 0. The number of carbonyl (C=O) groups is 2. The molecule has 1 saturated heterocycles. The van der Waals surface area contributed by atoms with Gasteiger partial charge in [-0.25, -0.2) is 0 Å². The summed E-state index contributed by atoms with van der Waals surface area (Å²) in [5.41, 5.74) is 4.88. The standard InChI is InChI=1S/C23H26N2O2/c1-16-9-11-17(12-10-16)14-25-15-19(13-22(25)26)23(27)24-21-8-4-6-18-5-2-3-7-20(18)21/h2-3,5,7,9-12,19,21H,4,6,8,13-15H2,1H3,(H,24,27)/t19-,21+/m0/s1. The second kappa shape index (κ2) is 7.55. The first kappa shape index (κ1) is 17.8. The Balaban J connectivity index is 1.39. The number of carbonyl (C=O) groups excluding carboxylic acids is 2. The zero-order valence-electron chi connectivity index (χ0n) is 15.8. The molecule has 4 rings (SSSR count). The lowest BCUT2D eigenvalue weighted by molar-refractivity contribution is -0.129. The number of amides is 2.